The van der Waals surface area contributed by atoms with Crippen molar-refractivity contribution in [2.75, 3.05) is 20.2 Å². The van der Waals surface area contributed by atoms with Crippen molar-refractivity contribution >= 4 is 45.8 Å². The van der Waals surface area contributed by atoms with E-state index in [1.165, 1.54) is 11.3 Å². The van der Waals surface area contributed by atoms with Crippen molar-refractivity contribution in [3.05, 3.63) is 120 Å². The number of ether oxygens (including phenoxy) is 1. The first-order valence-electron chi connectivity index (χ1n) is 14.2. The van der Waals surface area contributed by atoms with Crippen LogP contribution in [-0.4, -0.2) is 40.6 Å². The highest BCUT2D eigenvalue weighted by atomic mass is 35.5. The van der Waals surface area contributed by atoms with Gasteiger partial charge in [-0.15, -0.1) is 0 Å². The Morgan fingerprint density at radius 2 is 1.79 bits per heavy atom. The summed E-state index contributed by atoms with van der Waals surface area (Å²) in [5.74, 6) is 0.587. The third-order valence-electron chi connectivity index (χ3n) is 7.88. The van der Waals surface area contributed by atoms with Crippen LogP contribution in [0.3, 0.4) is 0 Å². The van der Waals surface area contributed by atoms with Gasteiger partial charge in [0, 0.05) is 29.1 Å². The molecule has 2 aromatic heterocycles. The highest BCUT2D eigenvalue weighted by Crippen LogP contribution is 2.36. The van der Waals surface area contributed by atoms with Crippen molar-refractivity contribution < 1.29 is 9.53 Å². The second kappa shape index (κ2) is 11.7. The Morgan fingerprint density at radius 1 is 1.07 bits per heavy atom. The lowest BCUT2D eigenvalue weighted by atomic mass is 9.94. The van der Waals surface area contributed by atoms with E-state index in [-0.39, 0.29) is 11.5 Å². The number of nitrogens with zero attached hydrogens (tertiary/aromatic N) is 3. The van der Waals surface area contributed by atoms with E-state index < -0.39 is 6.04 Å². The molecule has 0 saturated heterocycles. The topological polar surface area (TPSA) is 79.7 Å². The molecule has 7 nitrogen and oxygen atoms in total. The number of carbonyl (C=O) groups is 1. The number of likely N-dealkylation sites (N-methyl/N-ethyl adjacent to an activating group) is 1. The third kappa shape index (κ3) is 5.00. The van der Waals surface area contributed by atoms with Crippen LogP contribution in [0.15, 0.2) is 93.9 Å². The van der Waals surface area contributed by atoms with E-state index in [1.807, 2.05) is 87.5 Å². The molecule has 1 aliphatic heterocycles. The van der Waals surface area contributed by atoms with Crippen LogP contribution in [0.1, 0.15) is 37.9 Å². The lowest BCUT2D eigenvalue weighted by molar-refractivity contribution is -0.127. The summed E-state index contributed by atoms with van der Waals surface area (Å²) >= 11 is 7.55. The molecule has 0 aliphatic carbocycles. The van der Waals surface area contributed by atoms with Crippen molar-refractivity contribution in [3.8, 4) is 17.0 Å². The summed E-state index contributed by atoms with van der Waals surface area (Å²) in [7, 11) is 1.64. The normalized spacial score (nSPS) is 15.0. The molecule has 1 N–H and O–H groups in total. The number of H-pyrrole nitrogens is 1. The zero-order valence-corrected chi connectivity index (χ0v) is 25.9. The van der Waals surface area contributed by atoms with Gasteiger partial charge in [-0.25, -0.2) is 4.99 Å². The number of aromatic nitrogens is 2. The molecule has 218 valence electrons. The maximum absolute atomic E-state index is 14.4. The fourth-order valence-corrected chi connectivity index (χ4v) is 6.89. The van der Waals surface area contributed by atoms with E-state index in [0.717, 1.165) is 33.3 Å². The van der Waals surface area contributed by atoms with Crippen LogP contribution < -0.4 is 19.6 Å². The predicted molar refractivity (Wildman–Crippen MR) is 173 cm³/mol. The molecule has 0 unspecified atom stereocenters. The van der Waals surface area contributed by atoms with E-state index in [4.69, 9.17) is 21.3 Å². The maximum atomic E-state index is 14.4. The van der Waals surface area contributed by atoms with Gasteiger partial charge in [0.25, 0.3) is 11.5 Å². The van der Waals surface area contributed by atoms with Gasteiger partial charge in [0.15, 0.2) is 4.80 Å². The summed E-state index contributed by atoms with van der Waals surface area (Å²) in [6.07, 6.45) is 1.93. The standard InChI is InChI=1S/C34H31ClN4O3S/c1-5-38(6-2)33(41)28-20(3)36-34-39(31(28)22-15-17-23(35)18-16-22)32(40)27(43-34)19-25-24-13-10-14-26(42-4)30(24)37-29(25)21-11-8-7-9-12-21/h7-19,31,37H,5-6H2,1-4H3/b27-19+/t31-/m0/s1. The molecule has 9 heteroatoms. The second-order valence-electron chi connectivity index (χ2n) is 10.3. The van der Waals surface area contributed by atoms with E-state index in [1.54, 1.807) is 28.7 Å². The average Bonchev–Trinajstić information content (AvgIpc) is 3.54. The number of thiazole rings is 1. The highest BCUT2D eigenvalue weighted by Gasteiger charge is 2.34. The summed E-state index contributed by atoms with van der Waals surface area (Å²) < 4.78 is 7.82. The number of hydrogen-bond acceptors (Lipinski definition) is 5. The molecule has 1 aliphatic rings. The van der Waals surface area contributed by atoms with Crippen LogP contribution >= 0.6 is 22.9 Å². The van der Waals surface area contributed by atoms with Crippen molar-refractivity contribution in [2.24, 2.45) is 4.99 Å². The number of nitrogens with one attached hydrogen (secondary N) is 1. The number of allylic oxidation sites excluding steroid dienone is 1. The van der Waals surface area contributed by atoms with Gasteiger partial charge in [-0.3, -0.25) is 14.2 Å². The number of hydrogen-bond donors (Lipinski definition) is 1. The zero-order valence-electron chi connectivity index (χ0n) is 24.3. The molecule has 1 atom stereocenters. The van der Waals surface area contributed by atoms with E-state index in [2.05, 4.69) is 4.98 Å². The van der Waals surface area contributed by atoms with Crippen LogP contribution in [0.2, 0.25) is 5.02 Å². The van der Waals surface area contributed by atoms with E-state index >= 15 is 0 Å². The number of halogens is 1. The first-order chi connectivity index (χ1) is 20.9. The molecule has 0 radical (unpaired) electrons. The number of amides is 1. The van der Waals surface area contributed by atoms with Gasteiger partial charge in [-0.1, -0.05) is 77.5 Å². The smallest absolute Gasteiger partial charge is 0.271 e. The van der Waals surface area contributed by atoms with Crippen LogP contribution in [0.5, 0.6) is 5.75 Å². The largest absolute Gasteiger partial charge is 0.495 e. The highest BCUT2D eigenvalue weighted by molar-refractivity contribution is 7.07. The van der Waals surface area contributed by atoms with Gasteiger partial charge in [0.05, 0.1) is 40.2 Å². The molecule has 0 fully saturated rings. The molecule has 3 heterocycles. The molecule has 6 rings (SSSR count). The van der Waals surface area contributed by atoms with E-state index in [9.17, 15) is 9.59 Å². The number of aromatic amines is 1. The first-order valence-corrected chi connectivity index (χ1v) is 15.4. The molecular weight excluding hydrogens is 580 g/mol. The SMILES string of the molecule is CCN(CC)C(=O)C1=C(C)N=c2s/c(=C/c3c(-c4ccccc4)[nH]c4c(OC)cccc34)c(=O)n2[C@H]1c1ccc(Cl)cc1. The Labute approximate surface area is 258 Å². The van der Waals surface area contributed by atoms with Gasteiger partial charge in [-0.2, -0.15) is 0 Å². The minimum atomic E-state index is -0.638. The summed E-state index contributed by atoms with van der Waals surface area (Å²) in [5, 5.41) is 1.52. The maximum Gasteiger partial charge on any atom is 0.271 e. The Morgan fingerprint density at radius 3 is 2.47 bits per heavy atom. The van der Waals surface area contributed by atoms with Crippen molar-refractivity contribution in [3.63, 3.8) is 0 Å². The Hall–Kier alpha value is -4.40. The lowest BCUT2D eigenvalue weighted by Gasteiger charge is -2.29. The summed E-state index contributed by atoms with van der Waals surface area (Å²) in [4.78, 5) is 38.9. The quantitative estimate of drug-likeness (QED) is 0.249. The van der Waals surface area contributed by atoms with Crippen molar-refractivity contribution in [2.45, 2.75) is 26.8 Å². The number of para-hydroxylation sites is 1. The fourth-order valence-electron chi connectivity index (χ4n) is 5.73. The van der Waals surface area contributed by atoms with Crippen LogP contribution in [0.4, 0.5) is 0 Å². The minimum absolute atomic E-state index is 0.129. The number of rotatable bonds is 7. The Bertz CT molecular complexity index is 2050. The molecule has 5 aromatic rings. The molecule has 0 bridgehead atoms. The predicted octanol–water partition coefficient (Wildman–Crippen LogP) is 5.91. The second-order valence-corrected chi connectivity index (χ2v) is 11.7. The molecular formula is C34H31ClN4O3S. The lowest BCUT2D eigenvalue weighted by Crippen LogP contribution is -2.43. The monoisotopic (exact) mass is 610 g/mol. The van der Waals surface area contributed by atoms with Gasteiger partial charge in [0.1, 0.15) is 5.75 Å². The van der Waals surface area contributed by atoms with Crippen LogP contribution in [-0.2, 0) is 4.79 Å². The van der Waals surface area contributed by atoms with Gasteiger partial charge >= 0.3 is 0 Å². The number of benzene rings is 3. The Kier molecular flexibility index (Phi) is 7.81. The van der Waals surface area contributed by atoms with Gasteiger partial charge in [-0.05, 0) is 56.2 Å². The summed E-state index contributed by atoms with van der Waals surface area (Å²) in [6, 6.07) is 22.6. The molecule has 1 amide bonds. The number of carbonyl (C=O) groups excluding carboxylic acids is 1. The zero-order chi connectivity index (χ0) is 30.2. The van der Waals surface area contributed by atoms with E-state index in [0.29, 0.717) is 44.5 Å². The molecule has 3 aromatic carbocycles. The first kappa shape index (κ1) is 28.7. The third-order valence-corrected chi connectivity index (χ3v) is 9.12. The molecule has 43 heavy (non-hydrogen) atoms. The summed E-state index contributed by atoms with van der Waals surface area (Å²) in [6.45, 7) is 6.84. The summed E-state index contributed by atoms with van der Waals surface area (Å²) in [5.41, 5.74) is 5.28. The fraction of sp³-hybridized carbons (Fsp3) is 0.206. The van der Waals surface area contributed by atoms with Gasteiger partial charge in [0.2, 0.25) is 0 Å². The molecule has 0 spiro atoms. The Balaban J connectivity index is 1.62. The van der Waals surface area contributed by atoms with Crippen LogP contribution in [0.25, 0.3) is 28.2 Å². The van der Waals surface area contributed by atoms with Gasteiger partial charge < -0.3 is 14.6 Å². The average molecular weight is 611 g/mol. The molecule has 0 saturated carbocycles. The van der Waals surface area contributed by atoms with Crippen LogP contribution in [0, 0.1) is 0 Å². The number of fused-ring (bicyclic) bond motifs is 2. The minimum Gasteiger partial charge on any atom is -0.495 e. The number of methoxy groups -OCH3 is 1. The van der Waals surface area contributed by atoms with Crippen molar-refractivity contribution in [1.82, 2.24) is 14.5 Å². The van der Waals surface area contributed by atoms with Crippen molar-refractivity contribution in [1.29, 1.82) is 0 Å².